The maximum atomic E-state index is 14.5. The number of halogens is 9. The lowest BCUT2D eigenvalue weighted by atomic mass is 9.77. The molecule has 0 aliphatic carbocycles. The molecule has 0 saturated heterocycles. The Hall–Kier alpha value is -3.15. The Bertz CT molecular complexity index is 1230. The minimum atomic E-state index is -4.97. The van der Waals surface area contributed by atoms with Crippen molar-refractivity contribution in [2.45, 2.75) is 24.3 Å². The van der Waals surface area contributed by atoms with Gasteiger partial charge in [0.25, 0.3) is 0 Å². The van der Waals surface area contributed by atoms with E-state index in [0.717, 1.165) is 24.3 Å². The average Bonchev–Trinajstić information content (AvgIpc) is 2.78. The Morgan fingerprint density at radius 1 is 0.806 bits per heavy atom. The lowest BCUT2D eigenvalue weighted by molar-refractivity contribution is -0.137. The third-order valence-corrected chi connectivity index (χ3v) is 5.83. The van der Waals surface area contributed by atoms with Gasteiger partial charge < -0.3 is 10.6 Å². The molecule has 0 bridgehead atoms. The van der Waals surface area contributed by atoms with Crippen molar-refractivity contribution in [3.05, 3.63) is 105 Å². The van der Waals surface area contributed by atoms with Crippen LogP contribution in [0.2, 0.25) is 0 Å². The second kappa shape index (κ2) is 10.5. The van der Waals surface area contributed by atoms with E-state index in [1.807, 2.05) is 0 Å². The highest BCUT2D eigenvalue weighted by atomic mass is 79.9. The number of hydrogen-bond acceptors (Lipinski definition) is 1. The number of urea groups is 1. The van der Waals surface area contributed by atoms with Crippen LogP contribution in [0.5, 0.6) is 0 Å². The Balaban J connectivity index is 2.28. The van der Waals surface area contributed by atoms with E-state index in [4.69, 9.17) is 0 Å². The number of carbonyl (C=O) groups excluding carboxylic acids is 1. The summed E-state index contributed by atoms with van der Waals surface area (Å²) in [5, 5.41) is 3.92. The van der Waals surface area contributed by atoms with E-state index in [-0.39, 0.29) is 22.5 Å². The Labute approximate surface area is 208 Å². The number of hydrogen-bond donors (Lipinski definition) is 2. The van der Waals surface area contributed by atoms with Crippen molar-refractivity contribution < 1.29 is 39.9 Å². The van der Waals surface area contributed by atoms with E-state index in [1.54, 1.807) is 35.6 Å². The summed E-state index contributed by atoms with van der Waals surface area (Å²) in [6.07, 6.45) is -10.1. The fourth-order valence-electron chi connectivity index (χ4n) is 3.64. The Kier molecular flexibility index (Phi) is 7.97. The predicted octanol–water partition coefficient (Wildman–Crippen LogP) is 7.09. The fraction of sp³-hybridized carbons (Fsp3) is 0.208. The van der Waals surface area contributed by atoms with E-state index in [0.29, 0.717) is 11.6 Å². The quantitative estimate of drug-likeness (QED) is 0.300. The van der Waals surface area contributed by atoms with Crippen molar-refractivity contribution in [1.29, 1.82) is 0 Å². The monoisotopic (exact) mass is 580 g/mol. The zero-order chi connectivity index (χ0) is 26.7. The van der Waals surface area contributed by atoms with Crippen LogP contribution in [0.3, 0.4) is 0 Å². The molecule has 0 fully saturated rings. The Morgan fingerprint density at radius 2 is 1.44 bits per heavy atom. The van der Waals surface area contributed by atoms with Crippen LogP contribution in [-0.2, 0) is 18.1 Å². The lowest BCUT2D eigenvalue weighted by Gasteiger charge is -2.37. The minimum absolute atomic E-state index is 0.0134. The molecule has 36 heavy (non-hydrogen) atoms. The van der Waals surface area contributed by atoms with Gasteiger partial charge in [0.2, 0.25) is 0 Å². The van der Waals surface area contributed by atoms with Crippen molar-refractivity contribution >= 4 is 22.0 Å². The van der Waals surface area contributed by atoms with Gasteiger partial charge >= 0.3 is 18.4 Å². The molecule has 3 aromatic rings. The van der Waals surface area contributed by atoms with Crippen molar-refractivity contribution in [3.63, 3.8) is 0 Å². The zero-order valence-electron chi connectivity index (χ0n) is 18.1. The van der Waals surface area contributed by atoms with Crippen molar-refractivity contribution in [2.75, 3.05) is 6.54 Å². The van der Waals surface area contributed by atoms with Gasteiger partial charge in [-0.15, -0.1) is 0 Å². The number of alkyl halides is 6. The fourth-order valence-corrected chi connectivity index (χ4v) is 4.02. The molecule has 0 saturated carbocycles. The first-order valence-corrected chi connectivity index (χ1v) is 11.0. The summed E-state index contributed by atoms with van der Waals surface area (Å²) in [5.74, 6) is -2.04. The summed E-state index contributed by atoms with van der Waals surface area (Å²) in [5.41, 5.74) is -3.42. The van der Waals surface area contributed by atoms with Crippen molar-refractivity contribution in [2.24, 2.45) is 0 Å². The molecule has 0 radical (unpaired) electrons. The van der Waals surface area contributed by atoms with Crippen molar-refractivity contribution in [1.82, 2.24) is 10.6 Å². The largest absolute Gasteiger partial charge is 0.416 e. The number of amides is 2. The van der Waals surface area contributed by atoms with E-state index in [9.17, 15) is 39.9 Å². The van der Waals surface area contributed by atoms with Crippen molar-refractivity contribution in [3.8, 4) is 0 Å². The molecule has 0 aliphatic rings. The first-order valence-electron chi connectivity index (χ1n) is 10.2. The molecular formula is C24H17BrF8N2O. The molecule has 3 nitrogen and oxygen atoms in total. The van der Waals surface area contributed by atoms with Crippen LogP contribution in [0.25, 0.3) is 0 Å². The first-order chi connectivity index (χ1) is 16.7. The number of rotatable bonds is 6. The van der Waals surface area contributed by atoms with Gasteiger partial charge in [0.15, 0.2) is 0 Å². The zero-order valence-corrected chi connectivity index (χ0v) is 19.7. The van der Waals surface area contributed by atoms with Gasteiger partial charge in [0, 0.05) is 6.42 Å². The molecule has 192 valence electrons. The number of benzene rings is 3. The molecule has 2 N–H and O–H groups in total. The average molecular weight is 581 g/mol. The maximum Gasteiger partial charge on any atom is 0.416 e. The molecular weight excluding hydrogens is 564 g/mol. The van der Waals surface area contributed by atoms with Crippen LogP contribution < -0.4 is 10.6 Å². The summed E-state index contributed by atoms with van der Waals surface area (Å²) in [7, 11) is 0. The van der Waals surface area contributed by atoms with Crippen LogP contribution in [-0.4, -0.2) is 18.8 Å². The van der Waals surface area contributed by atoms with Crippen LogP contribution >= 0.6 is 15.9 Å². The molecule has 0 aliphatic heterocycles. The van der Waals surface area contributed by atoms with Crippen LogP contribution in [0, 0.1) is 11.6 Å². The highest BCUT2D eigenvalue weighted by Gasteiger charge is 2.40. The summed E-state index contributed by atoms with van der Waals surface area (Å²) >= 11 is 2.97. The molecule has 3 rings (SSSR count). The van der Waals surface area contributed by atoms with Gasteiger partial charge in [-0.25, -0.2) is 13.6 Å². The third kappa shape index (κ3) is 6.74. The lowest BCUT2D eigenvalue weighted by Crippen LogP contribution is -2.53. The summed E-state index contributed by atoms with van der Waals surface area (Å²) in [6.45, 7) is -1.73. The second-order valence-corrected chi connectivity index (χ2v) is 8.70. The van der Waals surface area contributed by atoms with Gasteiger partial charge in [0.05, 0.1) is 15.6 Å². The molecule has 3 aromatic carbocycles. The van der Waals surface area contributed by atoms with E-state index < -0.39 is 53.2 Å². The van der Waals surface area contributed by atoms with E-state index in [1.165, 1.54) is 0 Å². The first kappa shape index (κ1) is 27.4. The summed E-state index contributed by atoms with van der Waals surface area (Å²) in [4.78, 5) is 12.6. The third-order valence-electron chi connectivity index (χ3n) is 5.22. The molecule has 2 amide bonds. The molecule has 0 heterocycles. The minimum Gasteiger partial charge on any atom is -0.329 e. The summed E-state index contributed by atoms with van der Waals surface area (Å²) < 4.78 is 107. The maximum absolute atomic E-state index is 14.5. The molecule has 12 heteroatoms. The highest BCUT2D eigenvalue weighted by molar-refractivity contribution is 9.10. The van der Waals surface area contributed by atoms with Crippen LogP contribution in [0.1, 0.15) is 22.3 Å². The summed E-state index contributed by atoms with van der Waals surface area (Å²) in [6, 6.07) is 11.4. The van der Waals surface area contributed by atoms with E-state index in [2.05, 4.69) is 21.2 Å². The van der Waals surface area contributed by atoms with Crippen LogP contribution in [0.4, 0.5) is 39.9 Å². The number of nitrogens with one attached hydrogen (secondary N) is 2. The topological polar surface area (TPSA) is 41.1 Å². The SMILES string of the molecule is O=C(NCC(F)(F)F)NC(Cc1ccccc1)(c1cc(F)cc(C(F)(F)F)c1)c1ccc(F)c(Br)c1. The highest BCUT2D eigenvalue weighted by Crippen LogP contribution is 2.39. The molecule has 0 spiro atoms. The number of carbonyl (C=O) groups is 1. The standard InChI is InChI=1S/C24H17BrF8N2O/c25-19-11-15(6-7-20(19)27)22(12-14-4-2-1-3-5-14,35-21(36)34-13-23(28,29)30)16-8-17(24(31,32)33)10-18(26)9-16/h1-11H,12-13H2,(H2,34,35,36). The van der Waals surface area contributed by atoms with Gasteiger partial charge in [-0.3, -0.25) is 0 Å². The molecule has 1 unspecified atom stereocenters. The predicted molar refractivity (Wildman–Crippen MR) is 119 cm³/mol. The molecule has 1 atom stereocenters. The van der Waals surface area contributed by atoms with Crippen LogP contribution in [0.15, 0.2) is 71.2 Å². The van der Waals surface area contributed by atoms with Gasteiger partial charge in [-0.1, -0.05) is 36.4 Å². The van der Waals surface area contributed by atoms with Gasteiger partial charge in [-0.05, 0) is 63.0 Å². The smallest absolute Gasteiger partial charge is 0.329 e. The van der Waals surface area contributed by atoms with Gasteiger partial charge in [-0.2, -0.15) is 26.3 Å². The van der Waals surface area contributed by atoms with Gasteiger partial charge in [0.1, 0.15) is 18.2 Å². The van der Waals surface area contributed by atoms with E-state index >= 15 is 0 Å². The second-order valence-electron chi connectivity index (χ2n) is 7.85. The normalized spacial score (nSPS) is 13.7. The Morgan fingerprint density at radius 3 is 2.03 bits per heavy atom. The molecule has 0 aromatic heterocycles.